The summed E-state index contributed by atoms with van der Waals surface area (Å²) in [5.74, 6) is -4.23. The Morgan fingerprint density at radius 1 is 0.893 bits per heavy atom. The number of hydrogen-bond donors (Lipinski definition) is 1. The summed E-state index contributed by atoms with van der Waals surface area (Å²) in [6, 6.07) is 9.74. The van der Waals surface area contributed by atoms with E-state index < -0.39 is 24.2 Å². The molecule has 2 aromatic heterocycles. The molecule has 2 heterocycles. The van der Waals surface area contributed by atoms with Gasteiger partial charge in [0.1, 0.15) is 5.82 Å². The number of nitrogens with one attached hydrogen (secondary N) is 1. The lowest BCUT2D eigenvalue weighted by Gasteiger charge is -2.08. The lowest BCUT2D eigenvalue weighted by molar-refractivity contribution is -0.167. The lowest BCUT2D eigenvalue weighted by atomic mass is 10.1. The first-order valence-corrected chi connectivity index (χ1v) is 7.41. The molecule has 3 aromatic rings. The van der Waals surface area contributed by atoms with Gasteiger partial charge in [0.2, 0.25) is 5.82 Å². The zero-order valence-electron chi connectivity index (χ0n) is 13.5. The molecule has 1 amide bonds. The molecule has 0 saturated heterocycles. The van der Waals surface area contributed by atoms with Gasteiger partial charge in [0.15, 0.2) is 0 Å². The molecule has 12 heteroatoms. The Morgan fingerprint density at radius 3 is 2.11 bits per heavy atom. The molecule has 146 valence electrons. The molecule has 1 N–H and O–H groups in total. The van der Waals surface area contributed by atoms with Crippen molar-refractivity contribution in [3.05, 3.63) is 48.4 Å². The Hall–Kier alpha value is -3.44. The van der Waals surface area contributed by atoms with Crippen LogP contribution in [0.15, 0.2) is 47.0 Å². The number of carbonyl (C=O) groups is 1. The van der Waals surface area contributed by atoms with Crippen molar-refractivity contribution in [2.45, 2.75) is 12.4 Å². The van der Waals surface area contributed by atoms with Crippen LogP contribution >= 0.6 is 0 Å². The third kappa shape index (κ3) is 4.27. The molecule has 0 saturated carbocycles. The number of pyridine rings is 1. The number of benzene rings is 1. The first-order valence-electron chi connectivity index (χ1n) is 7.41. The highest BCUT2D eigenvalue weighted by atomic mass is 19.4. The molecule has 0 unspecified atom stereocenters. The minimum atomic E-state index is -5.06. The molecule has 0 aliphatic rings. The zero-order valence-corrected chi connectivity index (χ0v) is 13.5. The van der Waals surface area contributed by atoms with E-state index in [0.29, 0.717) is 5.56 Å². The van der Waals surface area contributed by atoms with E-state index in [9.17, 15) is 31.1 Å². The summed E-state index contributed by atoms with van der Waals surface area (Å²) in [6.45, 7) is 0. The van der Waals surface area contributed by atoms with Crippen LogP contribution in [-0.2, 0) is 11.0 Å². The Bertz CT molecular complexity index is 995. The maximum Gasteiger partial charge on any atom is 0.471 e. The van der Waals surface area contributed by atoms with Crippen LogP contribution in [0.4, 0.5) is 32.2 Å². The fourth-order valence-corrected chi connectivity index (χ4v) is 2.10. The highest BCUT2D eigenvalue weighted by Gasteiger charge is 2.39. The van der Waals surface area contributed by atoms with Crippen LogP contribution in [0, 0.1) is 0 Å². The van der Waals surface area contributed by atoms with Crippen molar-refractivity contribution in [3.63, 3.8) is 0 Å². The topological polar surface area (TPSA) is 80.9 Å². The van der Waals surface area contributed by atoms with Gasteiger partial charge in [-0.2, -0.15) is 31.3 Å². The van der Waals surface area contributed by atoms with Gasteiger partial charge in [0, 0.05) is 11.1 Å². The summed E-state index contributed by atoms with van der Waals surface area (Å²) in [6.07, 6.45) is -9.82. The molecule has 0 radical (unpaired) electrons. The van der Waals surface area contributed by atoms with E-state index in [4.69, 9.17) is 0 Å². The van der Waals surface area contributed by atoms with Crippen molar-refractivity contribution in [3.8, 4) is 22.6 Å². The average Bonchev–Trinajstić information content (AvgIpc) is 3.12. The smallest absolute Gasteiger partial charge is 0.329 e. The summed E-state index contributed by atoms with van der Waals surface area (Å²) in [7, 11) is 0. The van der Waals surface area contributed by atoms with Crippen molar-refractivity contribution in [1.29, 1.82) is 0 Å². The predicted octanol–water partition coefficient (Wildman–Crippen LogP) is 4.32. The van der Waals surface area contributed by atoms with Crippen LogP contribution in [0.2, 0.25) is 0 Å². The molecule has 28 heavy (non-hydrogen) atoms. The van der Waals surface area contributed by atoms with Crippen LogP contribution in [0.3, 0.4) is 0 Å². The second-order valence-electron chi connectivity index (χ2n) is 5.36. The number of nitrogens with zero attached hydrogens (tertiary/aromatic N) is 3. The fourth-order valence-electron chi connectivity index (χ4n) is 2.10. The molecule has 6 nitrogen and oxygen atoms in total. The van der Waals surface area contributed by atoms with Crippen molar-refractivity contribution in [2.75, 3.05) is 5.32 Å². The minimum absolute atomic E-state index is 0.226. The quantitative estimate of drug-likeness (QED) is 0.660. The number of hydrogen-bond acceptors (Lipinski definition) is 5. The molecule has 0 fully saturated rings. The molecule has 0 spiro atoms. The molecule has 3 rings (SSSR count). The van der Waals surface area contributed by atoms with Gasteiger partial charge in [-0.25, -0.2) is 4.98 Å². The average molecular weight is 402 g/mol. The second-order valence-corrected chi connectivity index (χ2v) is 5.36. The Labute approximate surface area is 152 Å². The van der Waals surface area contributed by atoms with Crippen LogP contribution in [0.1, 0.15) is 5.89 Å². The molecular formula is C16H8F6N4O2. The molecule has 1 aromatic carbocycles. The Kier molecular flexibility index (Phi) is 4.79. The van der Waals surface area contributed by atoms with Gasteiger partial charge in [-0.1, -0.05) is 35.5 Å². The number of anilines is 1. The van der Waals surface area contributed by atoms with E-state index in [1.807, 2.05) is 0 Å². The van der Waals surface area contributed by atoms with Gasteiger partial charge >= 0.3 is 24.2 Å². The summed E-state index contributed by atoms with van der Waals surface area (Å²) in [5.41, 5.74) is 0.895. The number of halogens is 6. The van der Waals surface area contributed by atoms with E-state index in [1.165, 1.54) is 42.5 Å². The summed E-state index contributed by atoms with van der Waals surface area (Å²) >= 11 is 0. The predicted molar refractivity (Wildman–Crippen MR) is 82.7 cm³/mol. The third-order valence-electron chi connectivity index (χ3n) is 3.36. The standard InChI is InChI=1S/C16H8F6N4O2/c17-15(18,19)13(27)24-11-3-1-2-10(23-11)8-4-6-9(7-5-8)12-25-14(28-26-12)16(20,21)22/h1-7H,(H,23,24,27). The van der Waals surface area contributed by atoms with Gasteiger partial charge in [-0.05, 0) is 12.1 Å². The van der Waals surface area contributed by atoms with Gasteiger partial charge in [-0.15, -0.1) is 0 Å². The second kappa shape index (κ2) is 6.94. The minimum Gasteiger partial charge on any atom is -0.329 e. The van der Waals surface area contributed by atoms with Gasteiger partial charge in [-0.3, -0.25) is 4.79 Å². The van der Waals surface area contributed by atoms with E-state index in [0.717, 1.165) is 0 Å². The van der Waals surface area contributed by atoms with Crippen LogP contribution < -0.4 is 5.32 Å². The highest BCUT2D eigenvalue weighted by Crippen LogP contribution is 2.30. The van der Waals surface area contributed by atoms with Crippen LogP contribution in [0.5, 0.6) is 0 Å². The van der Waals surface area contributed by atoms with Crippen molar-refractivity contribution in [1.82, 2.24) is 15.1 Å². The van der Waals surface area contributed by atoms with Crippen molar-refractivity contribution >= 4 is 11.7 Å². The number of rotatable bonds is 3. The number of carbonyl (C=O) groups excluding carboxylic acids is 1. The first-order chi connectivity index (χ1) is 13.0. The van der Waals surface area contributed by atoms with Crippen LogP contribution in [-0.4, -0.2) is 27.2 Å². The number of alkyl halides is 6. The third-order valence-corrected chi connectivity index (χ3v) is 3.36. The first kappa shape index (κ1) is 19.3. The maximum atomic E-state index is 12.5. The fraction of sp³-hybridized carbons (Fsp3) is 0.125. The molecule has 0 atom stereocenters. The summed E-state index contributed by atoms with van der Waals surface area (Å²) < 4.78 is 78.6. The van der Waals surface area contributed by atoms with Gasteiger partial charge < -0.3 is 9.84 Å². The van der Waals surface area contributed by atoms with E-state index in [2.05, 4.69) is 19.6 Å². The highest BCUT2D eigenvalue weighted by molar-refractivity contribution is 5.94. The van der Waals surface area contributed by atoms with Gasteiger partial charge in [0.25, 0.3) is 0 Å². The Balaban J connectivity index is 1.81. The van der Waals surface area contributed by atoms with Gasteiger partial charge in [0.05, 0.1) is 5.69 Å². The SMILES string of the molecule is O=C(Nc1cccc(-c2ccc(-c3noc(C(F)(F)F)n3)cc2)n1)C(F)(F)F. The normalized spacial score (nSPS) is 12.1. The largest absolute Gasteiger partial charge is 0.471 e. The number of aromatic nitrogens is 3. The maximum absolute atomic E-state index is 12.5. The van der Waals surface area contributed by atoms with Crippen molar-refractivity contribution < 1.29 is 35.7 Å². The summed E-state index contributed by atoms with van der Waals surface area (Å²) in [5, 5.41) is 4.88. The Morgan fingerprint density at radius 2 is 1.54 bits per heavy atom. The zero-order chi connectivity index (χ0) is 20.5. The monoisotopic (exact) mass is 402 g/mol. The molecule has 0 aliphatic carbocycles. The van der Waals surface area contributed by atoms with E-state index in [-0.39, 0.29) is 22.9 Å². The molecule has 0 bridgehead atoms. The van der Waals surface area contributed by atoms with Crippen molar-refractivity contribution in [2.24, 2.45) is 0 Å². The number of amides is 1. The van der Waals surface area contributed by atoms with E-state index in [1.54, 1.807) is 5.32 Å². The lowest BCUT2D eigenvalue weighted by Crippen LogP contribution is -2.30. The molecule has 0 aliphatic heterocycles. The van der Waals surface area contributed by atoms with E-state index >= 15 is 0 Å². The summed E-state index contributed by atoms with van der Waals surface area (Å²) in [4.78, 5) is 18.1. The molecular weight excluding hydrogens is 394 g/mol. The van der Waals surface area contributed by atoms with Crippen LogP contribution in [0.25, 0.3) is 22.6 Å².